The van der Waals surface area contributed by atoms with Crippen LogP contribution in [0.25, 0.3) is 0 Å². The molecule has 6 N–H and O–H groups in total. The second-order valence-corrected chi connectivity index (χ2v) is 38.0. The number of halogens is 4. The molecule has 100 heavy (non-hydrogen) atoms. The van der Waals surface area contributed by atoms with E-state index in [2.05, 4.69) is 31.9 Å². The molecule has 20 nitrogen and oxygen atoms in total. The highest BCUT2D eigenvalue weighted by Crippen LogP contribution is 2.49. The van der Waals surface area contributed by atoms with Crippen molar-refractivity contribution in [1.82, 2.24) is 40.5 Å². The van der Waals surface area contributed by atoms with Gasteiger partial charge in [-0.05, 0) is 192 Å². The van der Waals surface area contributed by atoms with Crippen LogP contribution in [0.5, 0.6) is 0 Å². The van der Waals surface area contributed by atoms with Crippen molar-refractivity contribution in [2.24, 2.45) is 0 Å². The summed E-state index contributed by atoms with van der Waals surface area (Å²) in [6.07, 6.45) is -4.00. The Balaban J connectivity index is 1.39. The molecule has 1 unspecified atom stereocenters. The molecule has 2 aliphatic rings. The minimum atomic E-state index is -5.96. The van der Waals surface area contributed by atoms with Crippen LogP contribution in [-0.2, 0) is 72.2 Å². The molecule has 9 rings (SSSR count). The quantitative estimate of drug-likeness (QED) is 0.0401. The molecule has 0 radical (unpaired) electrons. The standard InChI is InChI=1S/C70H86F4N8O12S6/c1-49-11-23-55(24-12-49)95(83,84)69(96(85,86)56-25-13-50(2)14-26-56)63(79-39-7-35-75-41-43-77-37-9-45-81(69)99(91,92)59-31-19-53(5)20-32-59)47-61-65(71)67(73)62(68(74)66(61)72)48-64-70(97(87,88)57-27-15-51(3)16-28-57,98(89,90)58-29-17-52(4)18-30-58)82(100(93,94)60-33-21-54(6)22-34-60)46-10-38-78-44-42-76-36-8-40-80-64/h11-34,63-64,75-80H,7-10,35-48H2,1-6H3/t63-,64?/m1/s1. The van der Waals surface area contributed by atoms with Crippen LogP contribution in [0.4, 0.5) is 17.6 Å². The van der Waals surface area contributed by atoms with Crippen LogP contribution in [0, 0.1) is 64.8 Å². The van der Waals surface area contributed by atoms with Crippen LogP contribution >= 0.6 is 0 Å². The number of sulfone groups is 4. The average Bonchev–Trinajstić information content (AvgIpc) is 0.692. The third-order valence-corrected chi connectivity index (χ3v) is 33.8. The molecule has 30 heteroatoms. The van der Waals surface area contributed by atoms with Gasteiger partial charge in [0.05, 0.1) is 41.5 Å². The van der Waals surface area contributed by atoms with Gasteiger partial charge < -0.3 is 31.9 Å². The zero-order chi connectivity index (χ0) is 72.6. The molecular weight excluding hydrogens is 1410 g/mol. The fourth-order valence-corrected chi connectivity index (χ4v) is 28.6. The van der Waals surface area contributed by atoms with E-state index >= 15 is 68.1 Å². The van der Waals surface area contributed by atoms with Crippen LogP contribution in [0.15, 0.2) is 175 Å². The predicted octanol–water partition coefficient (Wildman–Crippen LogP) is 7.63. The first kappa shape index (κ1) is 77.8. The maximum absolute atomic E-state index is 18.6. The van der Waals surface area contributed by atoms with Gasteiger partial charge in [0.1, 0.15) is 0 Å². The number of nitrogens with zero attached hydrogens (tertiary/aromatic N) is 2. The Labute approximate surface area is 585 Å². The SMILES string of the molecule is Cc1ccc(S(=O)(=O)N2CCCNCCNCCCNC(Cc3c(F)c(F)c(C[C@H]4NCCCNCCNCCCN(S(=O)(=O)c5ccc(C)cc5)C4(S(=O)(=O)c4ccc(C)cc4)S(=O)(=O)c4ccc(C)cc4)c(F)c3F)C2(S(=O)(=O)c2ccc(C)cc2)S(=O)(=O)c2ccc(C)cc2)cc1. The summed E-state index contributed by atoms with van der Waals surface area (Å²) >= 11 is 0. The Hall–Kier alpha value is -6.36. The van der Waals surface area contributed by atoms with Crippen LogP contribution in [0.2, 0.25) is 0 Å². The number of sulfonamides is 2. The normalized spacial score (nSPS) is 19.3. The lowest BCUT2D eigenvalue weighted by molar-refractivity contribution is 0.258. The van der Waals surface area contributed by atoms with Gasteiger partial charge in [0, 0.05) is 50.4 Å². The molecule has 0 aromatic heterocycles. The maximum atomic E-state index is 18.6. The summed E-state index contributed by atoms with van der Waals surface area (Å²) in [5, 5.41) is 18.4. The molecular formula is C70H86F4N8O12S6. The van der Waals surface area contributed by atoms with Gasteiger partial charge >= 0.3 is 0 Å². The smallest absolute Gasteiger partial charge is 0.263 e. The lowest BCUT2D eigenvalue weighted by Gasteiger charge is -2.46. The summed E-state index contributed by atoms with van der Waals surface area (Å²) < 4.78 is 265. The second kappa shape index (κ2) is 32.1. The molecule has 0 aliphatic carbocycles. The van der Waals surface area contributed by atoms with Gasteiger partial charge in [-0.1, -0.05) is 106 Å². The first-order valence-corrected chi connectivity index (χ1v) is 41.7. The van der Waals surface area contributed by atoms with Crippen molar-refractivity contribution in [2.45, 2.75) is 130 Å². The molecule has 0 saturated carbocycles. The number of hydrogen-bond donors (Lipinski definition) is 6. The van der Waals surface area contributed by atoms with Crippen molar-refractivity contribution in [2.75, 3.05) is 78.5 Å². The first-order chi connectivity index (χ1) is 47.3. The zero-order valence-electron chi connectivity index (χ0n) is 56.5. The maximum Gasteiger partial charge on any atom is 0.263 e. The average molecular weight is 1500 g/mol. The summed E-state index contributed by atoms with van der Waals surface area (Å²) in [6.45, 7) is 8.46. The Morgan fingerprint density at radius 3 is 0.750 bits per heavy atom. The fourth-order valence-electron chi connectivity index (χ4n) is 12.7. The molecule has 0 amide bonds. The summed E-state index contributed by atoms with van der Waals surface area (Å²) in [5.74, 6) is -9.29. The fraction of sp³-hybridized carbons (Fsp3) is 0.400. The molecule has 2 aliphatic heterocycles. The molecule has 0 bridgehead atoms. The zero-order valence-corrected chi connectivity index (χ0v) is 61.4. The third-order valence-electron chi connectivity index (χ3n) is 18.1. The van der Waals surface area contributed by atoms with Gasteiger partial charge in [0.2, 0.25) is 59.4 Å². The molecule has 2 fully saturated rings. The van der Waals surface area contributed by atoms with Crippen LogP contribution in [-0.4, -0.2) is 158 Å². The Kier molecular flexibility index (Phi) is 25.0. The lowest BCUT2D eigenvalue weighted by atomic mass is 9.97. The lowest BCUT2D eigenvalue weighted by Crippen LogP contribution is -2.71. The van der Waals surface area contributed by atoms with Crippen LogP contribution in [0.1, 0.15) is 70.2 Å². The van der Waals surface area contributed by atoms with Gasteiger partial charge in [0.25, 0.3) is 8.41 Å². The summed E-state index contributed by atoms with van der Waals surface area (Å²) in [5.41, 5.74) is -0.369. The Bertz CT molecular complexity index is 4260. The minimum Gasteiger partial charge on any atom is -0.315 e. The molecule has 2 atom stereocenters. The van der Waals surface area contributed by atoms with E-state index in [4.69, 9.17) is 0 Å². The first-order valence-electron chi connectivity index (χ1n) is 32.9. The van der Waals surface area contributed by atoms with Crippen molar-refractivity contribution in [1.29, 1.82) is 0 Å². The molecule has 0 spiro atoms. The molecule has 2 heterocycles. The van der Waals surface area contributed by atoms with E-state index in [0.29, 0.717) is 59.6 Å². The highest BCUT2D eigenvalue weighted by Gasteiger charge is 2.70. The molecule has 542 valence electrons. The van der Waals surface area contributed by atoms with E-state index < -0.39 is 183 Å². The molecule has 7 aromatic rings. The molecule has 7 aromatic carbocycles. The van der Waals surface area contributed by atoms with E-state index in [1.54, 1.807) is 41.5 Å². The Morgan fingerprint density at radius 2 is 0.520 bits per heavy atom. The number of hydrogen-bond acceptors (Lipinski definition) is 18. The minimum absolute atomic E-state index is 0.00453. The highest BCUT2D eigenvalue weighted by atomic mass is 32.3. The van der Waals surface area contributed by atoms with E-state index in [0.717, 1.165) is 72.8 Å². The van der Waals surface area contributed by atoms with Gasteiger partial charge in [0.15, 0.2) is 23.3 Å². The van der Waals surface area contributed by atoms with Crippen LogP contribution in [0.3, 0.4) is 0 Å². The van der Waals surface area contributed by atoms with Gasteiger partial charge in [-0.25, -0.2) is 68.1 Å². The second-order valence-electron chi connectivity index (χ2n) is 25.4. The van der Waals surface area contributed by atoms with Crippen LogP contribution < -0.4 is 31.9 Å². The van der Waals surface area contributed by atoms with Gasteiger partial charge in [-0.15, -0.1) is 0 Å². The Morgan fingerprint density at radius 1 is 0.310 bits per heavy atom. The van der Waals surface area contributed by atoms with E-state index in [-0.39, 0.29) is 60.5 Å². The van der Waals surface area contributed by atoms with E-state index in [9.17, 15) is 0 Å². The number of aryl methyl sites for hydroxylation is 6. The van der Waals surface area contributed by atoms with Gasteiger partial charge in [-0.3, -0.25) is 0 Å². The third kappa shape index (κ3) is 15.3. The number of benzene rings is 7. The van der Waals surface area contributed by atoms with Crippen molar-refractivity contribution < 1.29 is 68.1 Å². The van der Waals surface area contributed by atoms with Crippen molar-refractivity contribution >= 4 is 59.4 Å². The monoisotopic (exact) mass is 1500 g/mol. The van der Waals surface area contributed by atoms with E-state index in [1.165, 1.54) is 72.8 Å². The van der Waals surface area contributed by atoms with Crippen molar-refractivity contribution in [3.8, 4) is 0 Å². The van der Waals surface area contributed by atoms with Crippen molar-refractivity contribution in [3.63, 3.8) is 0 Å². The summed E-state index contributed by atoms with van der Waals surface area (Å²) in [4.78, 5) is -4.36. The largest absolute Gasteiger partial charge is 0.315 e. The number of nitrogens with one attached hydrogen (secondary N) is 6. The predicted molar refractivity (Wildman–Crippen MR) is 376 cm³/mol. The molecule has 2 saturated heterocycles. The highest BCUT2D eigenvalue weighted by molar-refractivity contribution is 8.12. The summed E-state index contributed by atoms with van der Waals surface area (Å²) in [7, 11) is -34.9. The van der Waals surface area contributed by atoms with Gasteiger partial charge in [-0.2, -0.15) is 8.61 Å². The van der Waals surface area contributed by atoms with Crippen molar-refractivity contribution in [3.05, 3.63) is 213 Å². The number of rotatable bonds is 16. The van der Waals surface area contributed by atoms with E-state index in [1.807, 2.05) is 0 Å². The topological polar surface area (TPSA) is 283 Å². The summed E-state index contributed by atoms with van der Waals surface area (Å²) in [6, 6.07) is 23.6.